The molecule has 0 saturated carbocycles. The Balaban J connectivity index is 1.67. The van der Waals surface area contributed by atoms with E-state index >= 15 is 0 Å². The lowest BCUT2D eigenvalue weighted by molar-refractivity contribution is -0.144. The Bertz CT molecular complexity index is 851. The van der Waals surface area contributed by atoms with Gasteiger partial charge in [0.25, 0.3) is 5.91 Å². The van der Waals surface area contributed by atoms with Crippen molar-refractivity contribution in [3.8, 4) is 0 Å². The van der Waals surface area contributed by atoms with Gasteiger partial charge < -0.3 is 24.8 Å². The monoisotopic (exact) mass is 420 g/mol. The van der Waals surface area contributed by atoms with Gasteiger partial charge in [-0.1, -0.05) is 5.16 Å². The molecule has 2 rings (SSSR count). The summed E-state index contributed by atoms with van der Waals surface area (Å²) in [5, 5.41) is 8.41. The number of anilines is 3. The molecular formula is C19H24N4O5S. The molecule has 156 valence electrons. The maximum Gasteiger partial charge on any atom is 0.316 e. The van der Waals surface area contributed by atoms with Crippen LogP contribution in [-0.4, -0.2) is 54.6 Å². The molecule has 1 aromatic heterocycles. The van der Waals surface area contributed by atoms with Crippen molar-refractivity contribution in [3.05, 3.63) is 36.1 Å². The van der Waals surface area contributed by atoms with Crippen molar-refractivity contribution in [2.24, 2.45) is 0 Å². The van der Waals surface area contributed by atoms with Crippen LogP contribution in [0.5, 0.6) is 0 Å². The molecule has 0 bridgehead atoms. The maximum absolute atomic E-state index is 12.0. The number of hydrogen-bond acceptors (Lipinski definition) is 8. The van der Waals surface area contributed by atoms with Crippen LogP contribution in [0.3, 0.4) is 0 Å². The summed E-state index contributed by atoms with van der Waals surface area (Å²) in [6, 6.07) is 8.86. The van der Waals surface area contributed by atoms with Crippen LogP contribution in [0.15, 0.2) is 34.9 Å². The molecule has 0 unspecified atom stereocenters. The molecule has 0 spiro atoms. The van der Waals surface area contributed by atoms with Crippen LogP contribution in [0, 0.1) is 6.92 Å². The highest BCUT2D eigenvalue weighted by molar-refractivity contribution is 8.01. The second-order valence-corrected chi connectivity index (χ2v) is 7.74. The molecule has 1 aromatic carbocycles. The van der Waals surface area contributed by atoms with Crippen LogP contribution in [-0.2, 0) is 19.1 Å². The number of ether oxygens (including phenoxy) is 1. The SMILES string of the molecule is Cc1cc(NC(=O)[C@H](C)SCC(=O)OCC(=O)Nc2ccc(N(C)C)cc2)no1. The van der Waals surface area contributed by atoms with E-state index in [1.54, 1.807) is 32.0 Å². The van der Waals surface area contributed by atoms with Gasteiger partial charge in [-0.25, -0.2) is 0 Å². The molecule has 0 aliphatic rings. The van der Waals surface area contributed by atoms with Crippen molar-refractivity contribution >= 4 is 46.7 Å². The second-order valence-electron chi connectivity index (χ2n) is 6.42. The molecule has 29 heavy (non-hydrogen) atoms. The fourth-order valence-electron chi connectivity index (χ4n) is 2.15. The molecule has 0 saturated heterocycles. The number of thioether (sulfide) groups is 1. The Kier molecular flexibility index (Phi) is 8.08. The van der Waals surface area contributed by atoms with Gasteiger partial charge >= 0.3 is 5.97 Å². The van der Waals surface area contributed by atoms with Gasteiger partial charge in [0.15, 0.2) is 12.4 Å². The molecule has 2 amide bonds. The van der Waals surface area contributed by atoms with Gasteiger partial charge in [0.05, 0.1) is 11.0 Å². The molecule has 0 fully saturated rings. The van der Waals surface area contributed by atoms with Crippen molar-refractivity contribution in [2.45, 2.75) is 19.1 Å². The smallest absolute Gasteiger partial charge is 0.316 e. The fourth-order valence-corrected chi connectivity index (χ4v) is 2.83. The van der Waals surface area contributed by atoms with Gasteiger partial charge in [-0.2, -0.15) is 0 Å². The Morgan fingerprint density at radius 1 is 1.21 bits per heavy atom. The molecule has 0 aliphatic heterocycles. The second kappa shape index (κ2) is 10.5. The van der Waals surface area contributed by atoms with Gasteiger partial charge in [0.1, 0.15) is 5.76 Å². The zero-order valence-electron chi connectivity index (χ0n) is 16.7. The molecular weight excluding hydrogens is 396 g/mol. The number of hydrogen-bond donors (Lipinski definition) is 2. The minimum Gasteiger partial charge on any atom is -0.455 e. The number of benzene rings is 1. The third-order valence-electron chi connectivity index (χ3n) is 3.73. The van der Waals surface area contributed by atoms with Crippen molar-refractivity contribution in [1.82, 2.24) is 5.16 Å². The molecule has 0 aliphatic carbocycles. The van der Waals surface area contributed by atoms with Crippen LogP contribution in [0.2, 0.25) is 0 Å². The number of aromatic nitrogens is 1. The molecule has 9 nitrogen and oxygen atoms in total. The lowest BCUT2D eigenvalue weighted by atomic mass is 10.2. The van der Waals surface area contributed by atoms with Gasteiger partial charge in [-0.15, -0.1) is 11.8 Å². The average Bonchev–Trinajstić information content (AvgIpc) is 3.09. The normalized spacial score (nSPS) is 11.4. The Hall–Kier alpha value is -3.01. The van der Waals surface area contributed by atoms with Gasteiger partial charge in [0, 0.05) is 31.5 Å². The van der Waals surface area contributed by atoms with Gasteiger partial charge in [-0.3, -0.25) is 14.4 Å². The summed E-state index contributed by atoms with van der Waals surface area (Å²) in [5.74, 6) is -0.487. The van der Waals surface area contributed by atoms with Crippen LogP contribution in [0.4, 0.5) is 17.2 Å². The number of nitrogens with one attached hydrogen (secondary N) is 2. The highest BCUT2D eigenvalue weighted by Gasteiger charge is 2.18. The first kappa shape index (κ1) is 22.3. The predicted molar refractivity (Wildman–Crippen MR) is 112 cm³/mol. The van der Waals surface area contributed by atoms with E-state index < -0.39 is 23.7 Å². The maximum atomic E-state index is 12.0. The summed E-state index contributed by atoms with van der Waals surface area (Å²) in [5.41, 5.74) is 1.61. The first-order chi connectivity index (χ1) is 13.7. The number of rotatable bonds is 9. The van der Waals surface area contributed by atoms with E-state index in [1.807, 2.05) is 31.1 Å². The van der Waals surface area contributed by atoms with Crippen molar-refractivity contribution in [2.75, 3.05) is 42.0 Å². The van der Waals surface area contributed by atoms with Crippen LogP contribution < -0.4 is 15.5 Å². The largest absolute Gasteiger partial charge is 0.455 e. The Morgan fingerprint density at radius 3 is 2.48 bits per heavy atom. The summed E-state index contributed by atoms with van der Waals surface area (Å²) in [4.78, 5) is 37.7. The summed E-state index contributed by atoms with van der Waals surface area (Å²) in [6.45, 7) is 2.98. The van der Waals surface area contributed by atoms with E-state index in [0.29, 0.717) is 17.3 Å². The van der Waals surface area contributed by atoms with Crippen molar-refractivity contribution < 1.29 is 23.6 Å². The quantitative estimate of drug-likeness (QED) is 0.594. The summed E-state index contributed by atoms with van der Waals surface area (Å²) < 4.78 is 9.82. The highest BCUT2D eigenvalue weighted by atomic mass is 32.2. The van der Waals surface area contributed by atoms with Crippen molar-refractivity contribution in [1.29, 1.82) is 0 Å². The number of carbonyl (C=O) groups is 3. The highest BCUT2D eigenvalue weighted by Crippen LogP contribution is 2.16. The topological polar surface area (TPSA) is 114 Å². The summed E-state index contributed by atoms with van der Waals surface area (Å²) in [6.07, 6.45) is 0. The number of amides is 2. The third kappa shape index (κ3) is 7.49. The van der Waals surface area contributed by atoms with Crippen LogP contribution in [0.25, 0.3) is 0 Å². The molecule has 1 atom stereocenters. The first-order valence-electron chi connectivity index (χ1n) is 8.83. The first-order valence-corrected chi connectivity index (χ1v) is 9.88. The van der Waals surface area contributed by atoms with Crippen LogP contribution >= 0.6 is 11.8 Å². The molecule has 2 N–H and O–H groups in total. The number of carbonyl (C=O) groups excluding carboxylic acids is 3. The number of esters is 1. The fraction of sp³-hybridized carbons (Fsp3) is 0.368. The van der Waals surface area contributed by atoms with E-state index in [0.717, 1.165) is 17.4 Å². The zero-order valence-corrected chi connectivity index (χ0v) is 17.5. The third-order valence-corrected chi connectivity index (χ3v) is 4.85. The minimum atomic E-state index is -0.579. The van der Waals surface area contributed by atoms with Crippen molar-refractivity contribution in [3.63, 3.8) is 0 Å². The lowest BCUT2D eigenvalue weighted by Crippen LogP contribution is -2.25. The molecule has 1 heterocycles. The standard InChI is InChI=1S/C19H24N4O5S/c1-12-9-16(22-28-12)21-19(26)13(2)29-11-18(25)27-10-17(24)20-14-5-7-15(8-6-14)23(3)4/h5-9,13H,10-11H2,1-4H3,(H,20,24)(H,21,22,26)/t13-/m0/s1. The van der Waals surface area contributed by atoms with E-state index in [1.165, 1.54) is 0 Å². The Morgan fingerprint density at radius 2 is 1.90 bits per heavy atom. The van der Waals surface area contributed by atoms with E-state index in [-0.39, 0.29) is 11.7 Å². The minimum absolute atomic E-state index is 0.0583. The molecule has 10 heteroatoms. The lowest BCUT2D eigenvalue weighted by Gasteiger charge is -2.13. The van der Waals surface area contributed by atoms with E-state index in [4.69, 9.17) is 9.26 Å². The Labute approximate surface area is 173 Å². The number of aryl methyl sites for hydroxylation is 1. The summed E-state index contributed by atoms with van der Waals surface area (Å²) >= 11 is 1.10. The molecule has 0 radical (unpaired) electrons. The average molecular weight is 420 g/mol. The van der Waals surface area contributed by atoms with E-state index in [9.17, 15) is 14.4 Å². The van der Waals surface area contributed by atoms with Gasteiger partial charge in [0.2, 0.25) is 5.91 Å². The predicted octanol–water partition coefficient (Wildman–Crippen LogP) is 2.29. The number of nitrogens with zero attached hydrogens (tertiary/aromatic N) is 2. The summed E-state index contributed by atoms with van der Waals surface area (Å²) in [7, 11) is 3.84. The molecule has 2 aromatic rings. The van der Waals surface area contributed by atoms with Gasteiger partial charge in [-0.05, 0) is 38.1 Å². The zero-order chi connectivity index (χ0) is 21.4. The van der Waals surface area contributed by atoms with E-state index in [2.05, 4.69) is 15.8 Å². The van der Waals surface area contributed by atoms with Crippen LogP contribution in [0.1, 0.15) is 12.7 Å².